The maximum Gasteiger partial charge on any atom is 0.185 e. The molecule has 2 aromatic rings. The fraction of sp³-hybridized carbons (Fsp3) is 0.118. The molecule has 0 unspecified atom stereocenters. The zero-order chi connectivity index (χ0) is 13.7. The fourth-order valence-corrected chi connectivity index (χ4v) is 1.87. The van der Waals surface area contributed by atoms with Crippen LogP contribution < -0.4 is 0 Å². The summed E-state index contributed by atoms with van der Waals surface area (Å²) in [6.45, 7) is 2.12. The first-order chi connectivity index (χ1) is 9.19. The largest absolute Gasteiger partial charge is 0.289 e. The van der Waals surface area contributed by atoms with Crippen LogP contribution in [0.5, 0.6) is 0 Å². The molecular weight excluding hydrogens is 256 g/mol. The van der Waals surface area contributed by atoms with Crippen molar-refractivity contribution in [2.24, 2.45) is 0 Å². The monoisotopic (exact) mass is 270 g/mol. The summed E-state index contributed by atoms with van der Waals surface area (Å²) < 4.78 is 0. The van der Waals surface area contributed by atoms with E-state index in [0.717, 1.165) is 12.0 Å². The predicted molar refractivity (Wildman–Crippen MR) is 80.6 cm³/mol. The lowest BCUT2D eigenvalue weighted by Gasteiger charge is -1.98. The molecule has 1 nitrogen and oxygen atoms in total. The van der Waals surface area contributed by atoms with Gasteiger partial charge >= 0.3 is 0 Å². The molecule has 0 fully saturated rings. The van der Waals surface area contributed by atoms with E-state index in [1.807, 2.05) is 18.2 Å². The van der Waals surface area contributed by atoms with E-state index in [-0.39, 0.29) is 5.78 Å². The van der Waals surface area contributed by atoms with E-state index in [0.29, 0.717) is 10.6 Å². The molecule has 0 N–H and O–H groups in total. The molecule has 0 atom stereocenters. The maximum atomic E-state index is 11.9. The number of halogens is 1. The van der Waals surface area contributed by atoms with E-state index in [1.54, 1.807) is 30.3 Å². The Morgan fingerprint density at radius 1 is 1.05 bits per heavy atom. The van der Waals surface area contributed by atoms with Crippen molar-refractivity contribution in [3.63, 3.8) is 0 Å². The molecule has 0 saturated heterocycles. The van der Waals surface area contributed by atoms with Crippen molar-refractivity contribution in [1.82, 2.24) is 0 Å². The Kier molecular flexibility index (Phi) is 4.53. The van der Waals surface area contributed by atoms with Gasteiger partial charge in [-0.05, 0) is 47.9 Å². The molecule has 2 rings (SSSR count). The Hall–Kier alpha value is -1.86. The second kappa shape index (κ2) is 6.35. The van der Waals surface area contributed by atoms with Crippen molar-refractivity contribution < 1.29 is 4.79 Å². The van der Waals surface area contributed by atoms with E-state index in [1.165, 1.54) is 5.56 Å². The second-order valence-corrected chi connectivity index (χ2v) is 4.74. The third kappa shape index (κ3) is 3.80. The lowest BCUT2D eigenvalue weighted by molar-refractivity contribution is 0.104. The first-order valence-corrected chi connectivity index (χ1v) is 6.64. The van der Waals surface area contributed by atoms with Crippen molar-refractivity contribution in [2.75, 3.05) is 0 Å². The van der Waals surface area contributed by atoms with E-state index < -0.39 is 0 Å². The van der Waals surface area contributed by atoms with Crippen LogP contribution in [-0.2, 0) is 6.42 Å². The number of rotatable bonds is 4. The molecule has 2 heteroatoms. The molecule has 0 saturated carbocycles. The Morgan fingerprint density at radius 2 is 1.68 bits per heavy atom. The highest BCUT2D eigenvalue weighted by Crippen LogP contribution is 2.12. The third-order valence-electron chi connectivity index (χ3n) is 2.94. The molecule has 0 aliphatic heterocycles. The average molecular weight is 271 g/mol. The van der Waals surface area contributed by atoms with Crippen LogP contribution in [0.15, 0.2) is 54.6 Å². The SMILES string of the molecule is CCc1ccc(C=CC(=O)c2ccc(Cl)cc2)cc1. The van der Waals surface area contributed by atoms with Gasteiger partial charge in [0.05, 0.1) is 0 Å². The van der Waals surface area contributed by atoms with Crippen molar-refractivity contribution in [3.05, 3.63) is 76.3 Å². The summed E-state index contributed by atoms with van der Waals surface area (Å²) in [5.74, 6) is -0.0174. The molecule has 2 aromatic carbocycles. The number of hydrogen-bond donors (Lipinski definition) is 0. The number of carbonyl (C=O) groups excluding carboxylic acids is 1. The smallest absolute Gasteiger partial charge is 0.185 e. The van der Waals surface area contributed by atoms with E-state index >= 15 is 0 Å². The number of ketones is 1. The molecule has 96 valence electrons. The van der Waals surface area contributed by atoms with Crippen molar-refractivity contribution in [2.45, 2.75) is 13.3 Å². The van der Waals surface area contributed by atoms with Crippen LogP contribution in [0.2, 0.25) is 5.02 Å². The highest BCUT2D eigenvalue weighted by molar-refractivity contribution is 6.30. The van der Waals surface area contributed by atoms with Crippen molar-refractivity contribution >= 4 is 23.5 Å². The molecule has 19 heavy (non-hydrogen) atoms. The van der Waals surface area contributed by atoms with Gasteiger partial charge in [0.2, 0.25) is 0 Å². The van der Waals surface area contributed by atoms with E-state index in [4.69, 9.17) is 11.6 Å². The van der Waals surface area contributed by atoms with Gasteiger partial charge < -0.3 is 0 Å². The van der Waals surface area contributed by atoms with Crippen molar-refractivity contribution in [1.29, 1.82) is 0 Å². The number of carbonyl (C=O) groups is 1. The Morgan fingerprint density at radius 3 is 2.26 bits per heavy atom. The Bertz CT molecular complexity index is 580. The predicted octanol–water partition coefficient (Wildman–Crippen LogP) is 4.80. The minimum Gasteiger partial charge on any atom is -0.289 e. The quantitative estimate of drug-likeness (QED) is 0.576. The Labute approximate surface area is 118 Å². The summed E-state index contributed by atoms with van der Waals surface area (Å²) in [5, 5.41) is 0.635. The van der Waals surface area contributed by atoms with Gasteiger partial charge in [0.1, 0.15) is 0 Å². The van der Waals surface area contributed by atoms with E-state index in [2.05, 4.69) is 19.1 Å². The summed E-state index contributed by atoms with van der Waals surface area (Å²) in [7, 11) is 0. The second-order valence-electron chi connectivity index (χ2n) is 4.30. The molecule has 0 amide bonds. The molecule has 0 aromatic heterocycles. The number of allylic oxidation sites excluding steroid dienone is 1. The lowest BCUT2D eigenvalue weighted by atomic mass is 10.1. The number of benzene rings is 2. The summed E-state index contributed by atoms with van der Waals surface area (Å²) >= 11 is 5.79. The molecule has 0 radical (unpaired) electrons. The van der Waals surface area contributed by atoms with Crippen LogP contribution in [0.1, 0.15) is 28.4 Å². The fourth-order valence-electron chi connectivity index (χ4n) is 1.75. The van der Waals surface area contributed by atoms with Crippen LogP contribution in [-0.4, -0.2) is 5.78 Å². The standard InChI is InChI=1S/C17H15ClO/c1-2-13-3-5-14(6-4-13)7-12-17(19)15-8-10-16(18)11-9-15/h3-12H,2H2,1H3. The normalized spacial score (nSPS) is 10.8. The van der Waals surface area contributed by atoms with Crippen LogP contribution in [0.3, 0.4) is 0 Å². The van der Waals surface area contributed by atoms with Crippen LogP contribution >= 0.6 is 11.6 Å². The highest BCUT2D eigenvalue weighted by Gasteiger charge is 2.00. The zero-order valence-electron chi connectivity index (χ0n) is 10.8. The van der Waals surface area contributed by atoms with Gasteiger partial charge in [0.25, 0.3) is 0 Å². The van der Waals surface area contributed by atoms with Gasteiger partial charge in [-0.3, -0.25) is 4.79 Å². The third-order valence-corrected chi connectivity index (χ3v) is 3.20. The minimum absolute atomic E-state index is 0.0174. The lowest BCUT2D eigenvalue weighted by Crippen LogP contribution is -1.93. The molecular formula is C17H15ClO. The van der Waals surface area contributed by atoms with Crippen LogP contribution in [0, 0.1) is 0 Å². The van der Waals surface area contributed by atoms with Gasteiger partial charge in [0.15, 0.2) is 5.78 Å². The van der Waals surface area contributed by atoms with Gasteiger partial charge in [-0.25, -0.2) is 0 Å². The number of aryl methyl sites for hydroxylation is 1. The van der Waals surface area contributed by atoms with Crippen molar-refractivity contribution in [3.8, 4) is 0 Å². The summed E-state index contributed by atoms with van der Waals surface area (Å²) in [6.07, 6.45) is 4.44. The Balaban J connectivity index is 2.08. The van der Waals surface area contributed by atoms with Crippen LogP contribution in [0.25, 0.3) is 6.08 Å². The topological polar surface area (TPSA) is 17.1 Å². The zero-order valence-corrected chi connectivity index (χ0v) is 11.5. The van der Waals surface area contributed by atoms with E-state index in [9.17, 15) is 4.79 Å². The molecule has 0 aliphatic carbocycles. The molecule has 0 heterocycles. The maximum absolute atomic E-state index is 11.9. The first kappa shape index (κ1) is 13.6. The number of hydrogen-bond acceptors (Lipinski definition) is 1. The van der Waals surface area contributed by atoms with Gasteiger partial charge in [-0.2, -0.15) is 0 Å². The summed E-state index contributed by atoms with van der Waals surface area (Å²) in [4.78, 5) is 11.9. The summed E-state index contributed by atoms with van der Waals surface area (Å²) in [6, 6.07) is 15.1. The summed E-state index contributed by atoms with van der Waals surface area (Å²) in [5.41, 5.74) is 2.96. The van der Waals surface area contributed by atoms with Crippen LogP contribution in [0.4, 0.5) is 0 Å². The van der Waals surface area contributed by atoms with Gasteiger partial charge in [0, 0.05) is 10.6 Å². The minimum atomic E-state index is -0.0174. The van der Waals surface area contributed by atoms with Gasteiger partial charge in [-0.1, -0.05) is 48.9 Å². The first-order valence-electron chi connectivity index (χ1n) is 6.26. The highest BCUT2D eigenvalue weighted by atomic mass is 35.5. The average Bonchev–Trinajstić information content (AvgIpc) is 2.46. The molecule has 0 bridgehead atoms. The molecule has 0 aliphatic rings. The molecule has 0 spiro atoms. The van der Waals surface area contributed by atoms with Gasteiger partial charge in [-0.15, -0.1) is 0 Å².